The molecule has 1 saturated heterocycles. The highest BCUT2D eigenvalue weighted by atomic mass is 79.9. The van der Waals surface area contributed by atoms with Gasteiger partial charge in [-0.15, -0.1) is 0 Å². The van der Waals surface area contributed by atoms with Crippen molar-refractivity contribution in [2.24, 2.45) is 5.92 Å². The Hall–Kier alpha value is -0.640. The molecule has 1 aliphatic heterocycles. The van der Waals surface area contributed by atoms with Crippen LogP contribution in [-0.2, 0) is 0 Å². The van der Waals surface area contributed by atoms with E-state index in [1.54, 1.807) is 0 Å². The Balaban J connectivity index is 2.09. The molecule has 0 bridgehead atoms. The molecule has 3 nitrogen and oxygen atoms in total. The van der Waals surface area contributed by atoms with Crippen LogP contribution < -0.4 is 4.90 Å². The minimum Gasteiger partial charge on any atom is -0.356 e. The minimum absolute atomic E-state index is 0.769. The second-order valence-corrected chi connectivity index (χ2v) is 4.36. The molecule has 4 heteroatoms. The lowest BCUT2D eigenvalue weighted by molar-refractivity contribution is 0.675. The molecule has 0 N–H and O–H groups in total. The number of anilines is 1. The number of hydrogen-bond donors (Lipinski definition) is 0. The molecule has 0 aromatic carbocycles. The zero-order valence-electron chi connectivity index (χ0n) is 8.28. The van der Waals surface area contributed by atoms with Gasteiger partial charge in [-0.25, -0.2) is 9.97 Å². The summed E-state index contributed by atoms with van der Waals surface area (Å²) in [5.41, 5.74) is 0. The van der Waals surface area contributed by atoms with Crippen molar-refractivity contribution in [1.82, 2.24) is 9.97 Å². The van der Waals surface area contributed by atoms with Crippen molar-refractivity contribution in [3.8, 4) is 0 Å². The molecule has 2 rings (SSSR count). The van der Waals surface area contributed by atoms with Crippen LogP contribution in [0.1, 0.15) is 12.2 Å². The van der Waals surface area contributed by atoms with Crippen LogP contribution in [0.3, 0.4) is 0 Å². The lowest BCUT2D eigenvalue weighted by Crippen LogP contribution is -2.21. The molecular formula is C10H14BrN3. The Kier molecular flexibility index (Phi) is 3.01. The van der Waals surface area contributed by atoms with E-state index in [0.717, 1.165) is 36.0 Å². The number of halogens is 1. The molecule has 1 aromatic rings. The van der Waals surface area contributed by atoms with Crippen LogP contribution in [0.25, 0.3) is 0 Å². The Morgan fingerprint density at radius 2 is 2.50 bits per heavy atom. The van der Waals surface area contributed by atoms with Gasteiger partial charge in [-0.3, -0.25) is 0 Å². The Labute approximate surface area is 92.7 Å². The maximum absolute atomic E-state index is 4.42. The van der Waals surface area contributed by atoms with E-state index in [0.29, 0.717) is 0 Å². The van der Waals surface area contributed by atoms with E-state index >= 15 is 0 Å². The summed E-state index contributed by atoms with van der Waals surface area (Å²) in [5.74, 6) is 2.69. The van der Waals surface area contributed by atoms with Crippen molar-refractivity contribution in [3.63, 3.8) is 0 Å². The molecule has 14 heavy (non-hydrogen) atoms. The third-order valence-corrected chi connectivity index (χ3v) is 3.51. The van der Waals surface area contributed by atoms with E-state index in [-0.39, 0.29) is 0 Å². The number of aromatic nitrogens is 2. The lowest BCUT2D eigenvalue weighted by Gasteiger charge is -2.16. The first-order chi connectivity index (χ1) is 6.79. The van der Waals surface area contributed by atoms with Crippen LogP contribution in [0.4, 0.5) is 5.82 Å². The van der Waals surface area contributed by atoms with Crippen LogP contribution in [0.15, 0.2) is 12.3 Å². The molecule has 1 aromatic heterocycles. The summed E-state index contributed by atoms with van der Waals surface area (Å²) in [7, 11) is 0. The second-order valence-electron chi connectivity index (χ2n) is 3.72. The van der Waals surface area contributed by atoms with Gasteiger partial charge in [0.15, 0.2) is 0 Å². The van der Waals surface area contributed by atoms with Gasteiger partial charge in [-0.1, -0.05) is 15.9 Å². The Morgan fingerprint density at radius 1 is 1.64 bits per heavy atom. The van der Waals surface area contributed by atoms with Crippen LogP contribution >= 0.6 is 15.9 Å². The topological polar surface area (TPSA) is 29.0 Å². The molecule has 2 heterocycles. The van der Waals surface area contributed by atoms with Crippen molar-refractivity contribution in [2.75, 3.05) is 23.3 Å². The van der Waals surface area contributed by atoms with Gasteiger partial charge < -0.3 is 4.90 Å². The van der Waals surface area contributed by atoms with Gasteiger partial charge >= 0.3 is 0 Å². The first-order valence-corrected chi connectivity index (χ1v) is 6.02. The third-order valence-electron chi connectivity index (χ3n) is 2.59. The highest BCUT2D eigenvalue weighted by Gasteiger charge is 2.22. The standard InChI is InChI=1S/C10H14BrN3/c1-8-12-4-2-10(13-8)14-5-3-9(6-11)7-14/h2,4,9H,3,5-7H2,1H3. The molecule has 0 radical (unpaired) electrons. The van der Waals surface area contributed by atoms with Crippen molar-refractivity contribution in [1.29, 1.82) is 0 Å². The van der Waals surface area contributed by atoms with Crippen LogP contribution in [0.5, 0.6) is 0 Å². The quantitative estimate of drug-likeness (QED) is 0.758. The van der Waals surface area contributed by atoms with Gasteiger partial charge in [-0.2, -0.15) is 0 Å². The predicted octanol–water partition coefficient (Wildman–Crippen LogP) is 2.01. The van der Waals surface area contributed by atoms with Gasteiger partial charge in [-0.05, 0) is 25.3 Å². The van der Waals surface area contributed by atoms with Crippen LogP contribution in [0, 0.1) is 12.8 Å². The highest BCUT2D eigenvalue weighted by molar-refractivity contribution is 9.09. The van der Waals surface area contributed by atoms with E-state index in [2.05, 4.69) is 30.8 Å². The van der Waals surface area contributed by atoms with E-state index < -0.39 is 0 Å². The zero-order chi connectivity index (χ0) is 9.97. The molecule has 1 atom stereocenters. The molecular weight excluding hydrogens is 242 g/mol. The van der Waals surface area contributed by atoms with Crippen LogP contribution in [-0.4, -0.2) is 28.4 Å². The van der Waals surface area contributed by atoms with E-state index in [9.17, 15) is 0 Å². The first-order valence-electron chi connectivity index (χ1n) is 4.90. The summed E-state index contributed by atoms with van der Waals surface area (Å²) in [6, 6.07) is 1.99. The summed E-state index contributed by atoms with van der Waals surface area (Å²) in [5, 5.41) is 1.09. The van der Waals surface area contributed by atoms with Gasteiger partial charge in [0.1, 0.15) is 11.6 Å². The van der Waals surface area contributed by atoms with E-state index in [4.69, 9.17) is 0 Å². The van der Waals surface area contributed by atoms with Gasteiger partial charge in [0.25, 0.3) is 0 Å². The summed E-state index contributed by atoms with van der Waals surface area (Å²) in [6.07, 6.45) is 3.09. The lowest BCUT2D eigenvalue weighted by atomic mass is 10.2. The molecule has 0 aliphatic carbocycles. The maximum atomic E-state index is 4.42. The summed E-state index contributed by atoms with van der Waals surface area (Å²) < 4.78 is 0. The Bertz CT molecular complexity index is 316. The van der Waals surface area contributed by atoms with Crippen molar-refractivity contribution in [2.45, 2.75) is 13.3 Å². The van der Waals surface area contributed by atoms with Crippen molar-refractivity contribution in [3.05, 3.63) is 18.1 Å². The van der Waals surface area contributed by atoms with Crippen molar-refractivity contribution >= 4 is 21.7 Å². The largest absolute Gasteiger partial charge is 0.356 e. The zero-order valence-corrected chi connectivity index (χ0v) is 9.87. The SMILES string of the molecule is Cc1nccc(N2CCC(CBr)C2)n1. The number of aryl methyl sites for hydroxylation is 1. The minimum atomic E-state index is 0.769. The predicted molar refractivity (Wildman–Crippen MR) is 60.9 cm³/mol. The fourth-order valence-electron chi connectivity index (χ4n) is 1.79. The monoisotopic (exact) mass is 255 g/mol. The first kappa shape index (κ1) is 9.90. The summed E-state index contributed by atoms with van der Waals surface area (Å²) in [6.45, 7) is 4.16. The number of alkyl halides is 1. The van der Waals surface area contributed by atoms with E-state index in [1.165, 1.54) is 6.42 Å². The van der Waals surface area contributed by atoms with Gasteiger partial charge in [0, 0.05) is 24.6 Å². The van der Waals surface area contributed by atoms with Gasteiger partial charge in [0.2, 0.25) is 0 Å². The molecule has 76 valence electrons. The summed E-state index contributed by atoms with van der Waals surface area (Å²) >= 11 is 3.53. The molecule has 1 aliphatic rings. The molecule has 0 spiro atoms. The fourth-order valence-corrected chi connectivity index (χ4v) is 2.32. The average molecular weight is 256 g/mol. The summed E-state index contributed by atoms with van der Waals surface area (Å²) in [4.78, 5) is 10.9. The third kappa shape index (κ3) is 2.05. The number of rotatable bonds is 2. The molecule has 0 amide bonds. The second kappa shape index (κ2) is 4.26. The molecule has 1 fully saturated rings. The average Bonchev–Trinajstić information content (AvgIpc) is 2.66. The highest BCUT2D eigenvalue weighted by Crippen LogP contribution is 2.22. The number of hydrogen-bond acceptors (Lipinski definition) is 3. The number of nitrogens with zero attached hydrogens (tertiary/aromatic N) is 3. The molecule has 1 unspecified atom stereocenters. The van der Waals surface area contributed by atoms with Crippen molar-refractivity contribution < 1.29 is 0 Å². The van der Waals surface area contributed by atoms with Crippen LogP contribution in [0.2, 0.25) is 0 Å². The van der Waals surface area contributed by atoms with Gasteiger partial charge in [0.05, 0.1) is 0 Å². The maximum Gasteiger partial charge on any atom is 0.132 e. The fraction of sp³-hybridized carbons (Fsp3) is 0.600. The molecule has 0 saturated carbocycles. The van der Waals surface area contributed by atoms with E-state index in [1.807, 2.05) is 19.2 Å². The normalized spacial score (nSPS) is 21.6. The smallest absolute Gasteiger partial charge is 0.132 e. The Morgan fingerprint density at radius 3 is 3.14 bits per heavy atom.